The molecular weight excluding hydrogens is 382 g/mol. The van der Waals surface area contributed by atoms with Crippen LogP contribution in [0, 0.1) is 6.92 Å². The molecule has 2 rings (SSSR count). The summed E-state index contributed by atoms with van der Waals surface area (Å²) in [6.45, 7) is 1.91. The van der Waals surface area contributed by atoms with Gasteiger partial charge in [0, 0.05) is 16.3 Å². The summed E-state index contributed by atoms with van der Waals surface area (Å²) >= 11 is 8.75. The van der Waals surface area contributed by atoms with Crippen molar-refractivity contribution in [1.82, 2.24) is 0 Å². The molecule has 0 heterocycles. The molecule has 0 radical (unpaired) electrons. The Morgan fingerprint density at radius 1 is 1.00 bits per heavy atom. The largest absolute Gasteiger partial charge is 0.319 e. The van der Waals surface area contributed by atoms with E-state index in [2.05, 4.69) is 21.2 Å². The third-order valence-corrected chi connectivity index (χ3v) is 4.21. The van der Waals surface area contributed by atoms with Crippen molar-refractivity contribution in [2.75, 3.05) is 5.32 Å². The van der Waals surface area contributed by atoms with Crippen LogP contribution in [-0.2, 0) is 9.59 Å². The lowest BCUT2D eigenvalue weighted by molar-refractivity contribution is -0.133. The summed E-state index contributed by atoms with van der Waals surface area (Å²) in [5.74, 6) is -2.20. The van der Waals surface area contributed by atoms with Gasteiger partial charge in [-0.25, -0.2) is 0 Å². The molecule has 2 aromatic rings. The van der Waals surface area contributed by atoms with Gasteiger partial charge < -0.3 is 5.32 Å². The molecule has 118 valence electrons. The van der Waals surface area contributed by atoms with Gasteiger partial charge in [-0.1, -0.05) is 45.2 Å². The minimum absolute atomic E-state index is 0.299. The number of Topliss-reactive ketones (excluding diaryl/α,β-unsaturated/α-hetero) is 2. The lowest BCUT2D eigenvalue weighted by Gasteiger charge is -2.09. The van der Waals surface area contributed by atoms with Gasteiger partial charge in [-0.2, -0.15) is 0 Å². The van der Waals surface area contributed by atoms with E-state index in [0.717, 1.165) is 5.56 Å². The van der Waals surface area contributed by atoms with Crippen LogP contribution in [-0.4, -0.2) is 22.3 Å². The Hall–Kier alpha value is -1.98. The van der Waals surface area contributed by atoms with Crippen molar-refractivity contribution in [2.24, 2.45) is 0 Å². The van der Waals surface area contributed by atoms with Gasteiger partial charge in [-0.05, 0) is 43.3 Å². The molecular formula is C17H13BrClNO3. The predicted octanol–water partition coefficient (Wildman–Crippen LogP) is 3.80. The van der Waals surface area contributed by atoms with E-state index in [1.807, 2.05) is 19.1 Å². The predicted molar refractivity (Wildman–Crippen MR) is 93.3 cm³/mol. The third-order valence-electron chi connectivity index (χ3n) is 3.12. The fourth-order valence-corrected chi connectivity index (χ4v) is 2.42. The summed E-state index contributed by atoms with van der Waals surface area (Å²) in [5.41, 5.74) is 1.82. The van der Waals surface area contributed by atoms with E-state index in [1.54, 1.807) is 24.3 Å². The SMILES string of the molecule is Cc1ccc(NC(=O)C(=O)C(Br)C(=O)c2ccc(Cl)cc2)cc1. The van der Waals surface area contributed by atoms with Gasteiger partial charge in [0.25, 0.3) is 5.91 Å². The number of anilines is 1. The Balaban J connectivity index is 2.06. The highest BCUT2D eigenvalue weighted by Crippen LogP contribution is 2.16. The van der Waals surface area contributed by atoms with E-state index in [1.165, 1.54) is 12.1 Å². The van der Waals surface area contributed by atoms with Crippen LogP contribution >= 0.6 is 27.5 Å². The molecule has 0 saturated heterocycles. The molecule has 0 fully saturated rings. The van der Waals surface area contributed by atoms with Crippen molar-refractivity contribution in [3.8, 4) is 0 Å². The van der Waals surface area contributed by atoms with Crippen molar-refractivity contribution in [2.45, 2.75) is 11.8 Å². The first-order valence-corrected chi connectivity index (χ1v) is 8.03. The highest BCUT2D eigenvalue weighted by atomic mass is 79.9. The van der Waals surface area contributed by atoms with Gasteiger partial charge in [0.15, 0.2) is 5.78 Å². The summed E-state index contributed by atoms with van der Waals surface area (Å²) in [6, 6.07) is 13.1. The summed E-state index contributed by atoms with van der Waals surface area (Å²) in [6.07, 6.45) is 0. The Bertz CT molecular complexity index is 741. The minimum Gasteiger partial charge on any atom is -0.319 e. The fourth-order valence-electron chi connectivity index (χ4n) is 1.82. The first kappa shape index (κ1) is 17.4. The topological polar surface area (TPSA) is 63.2 Å². The highest BCUT2D eigenvalue weighted by Gasteiger charge is 2.30. The maximum absolute atomic E-state index is 12.2. The number of nitrogens with one attached hydrogen (secondary N) is 1. The third kappa shape index (κ3) is 4.50. The molecule has 1 atom stereocenters. The number of rotatable bonds is 5. The molecule has 0 spiro atoms. The first-order valence-electron chi connectivity index (χ1n) is 6.74. The van der Waals surface area contributed by atoms with Gasteiger partial charge in [0.1, 0.15) is 4.83 Å². The minimum atomic E-state index is -1.24. The van der Waals surface area contributed by atoms with Crippen LogP contribution in [0.15, 0.2) is 48.5 Å². The molecule has 1 unspecified atom stereocenters. The number of alkyl halides is 1. The van der Waals surface area contributed by atoms with Crippen molar-refractivity contribution < 1.29 is 14.4 Å². The van der Waals surface area contributed by atoms with E-state index >= 15 is 0 Å². The molecule has 0 aliphatic heterocycles. The number of benzene rings is 2. The van der Waals surface area contributed by atoms with Crippen molar-refractivity contribution >= 4 is 50.7 Å². The van der Waals surface area contributed by atoms with E-state index in [-0.39, 0.29) is 0 Å². The van der Waals surface area contributed by atoms with Gasteiger partial charge >= 0.3 is 0 Å². The fraction of sp³-hybridized carbons (Fsp3) is 0.118. The second-order valence-electron chi connectivity index (χ2n) is 4.92. The monoisotopic (exact) mass is 393 g/mol. The quantitative estimate of drug-likeness (QED) is 0.363. The van der Waals surface area contributed by atoms with Gasteiger partial charge in [-0.3, -0.25) is 14.4 Å². The van der Waals surface area contributed by atoms with Crippen LogP contribution < -0.4 is 5.32 Å². The van der Waals surface area contributed by atoms with Gasteiger partial charge in [0.05, 0.1) is 0 Å². The van der Waals surface area contributed by atoms with Crippen molar-refractivity contribution in [1.29, 1.82) is 0 Å². The van der Waals surface area contributed by atoms with Crippen LogP contribution in [0.5, 0.6) is 0 Å². The highest BCUT2D eigenvalue weighted by molar-refractivity contribution is 9.10. The van der Waals surface area contributed by atoms with Crippen molar-refractivity contribution in [3.05, 3.63) is 64.7 Å². The van der Waals surface area contributed by atoms with Crippen molar-refractivity contribution in [3.63, 3.8) is 0 Å². The van der Waals surface area contributed by atoms with Crippen LogP contribution in [0.1, 0.15) is 15.9 Å². The summed E-state index contributed by atoms with van der Waals surface area (Å²) < 4.78 is 0. The van der Waals surface area contributed by atoms with Gasteiger partial charge in [-0.15, -0.1) is 0 Å². The van der Waals surface area contributed by atoms with Crippen LogP contribution in [0.2, 0.25) is 5.02 Å². The molecule has 1 N–H and O–H groups in total. The zero-order valence-corrected chi connectivity index (χ0v) is 14.5. The van der Waals surface area contributed by atoms with Crippen LogP contribution in [0.3, 0.4) is 0 Å². The number of carbonyl (C=O) groups is 3. The summed E-state index contributed by atoms with van der Waals surface area (Å²) in [5, 5.41) is 2.96. The Kier molecular flexibility index (Phi) is 5.69. The molecule has 4 nitrogen and oxygen atoms in total. The zero-order valence-electron chi connectivity index (χ0n) is 12.2. The maximum Gasteiger partial charge on any atom is 0.293 e. The molecule has 0 saturated carbocycles. The standard InChI is InChI=1S/C17H13BrClNO3/c1-10-2-8-13(9-3-10)20-17(23)16(22)14(18)15(21)11-4-6-12(19)7-5-11/h2-9,14H,1H3,(H,20,23). The molecule has 0 aliphatic carbocycles. The lowest BCUT2D eigenvalue weighted by Crippen LogP contribution is -2.34. The summed E-state index contributed by atoms with van der Waals surface area (Å²) in [7, 11) is 0. The molecule has 0 aromatic heterocycles. The van der Waals surface area contributed by atoms with Crippen LogP contribution in [0.25, 0.3) is 0 Å². The Morgan fingerprint density at radius 2 is 1.57 bits per heavy atom. The normalized spacial score (nSPS) is 11.6. The number of amides is 1. The van der Waals surface area contributed by atoms with Gasteiger partial charge in [0.2, 0.25) is 5.78 Å². The first-order chi connectivity index (χ1) is 10.9. The molecule has 1 amide bonds. The Morgan fingerprint density at radius 3 is 2.13 bits per heavy atom. The number of halogens is 2. The number of ketones is 2. The molecule has 6 heteroatoms. The van der Waals surface area contributed by atoms with E-state index in [9.17, 15) is 14.4 Å². The molecule has 0 aliphatic rings. The average molecular weight is 395 g/mol. The zero-order chi connectivity index (χ0) is 17.0. The molecule has 0 bridgehead atoms. The summed E-state index contributed by atoms with van der Waals surface area (Å²) in [4.78, 5) is 35.0. The second-order valence-corrected chi connectivity index (χ2v) is 6.27. The van der Waals surface area contributed by atoms with E-state index in [4.69, 9.17) is 11.6 Å². The van der Waals surface area contributed by atoms with Crippen LogP contribution in [0.4, 0.5) is 5.69 Å². The van der Waals surface area contributed by atoms with E-state index in [0.29, 0.717) is 16.3 Å². The van der Waals surface area contributed by atoms with E-state index < -0.39 is 22.3 Å². The maximum atomic E-state index is 12.2. The molecule has 2 aromatic carbocycles. The second kappa shape index (κ2) is 7.53. The molecule has 23 heavy (non-hydrogen) atoms. The average Bonchev–Trinajstić information content (AvgIpc) is 2.55. The smallest absolute Gasteiger partial charge is 0.293 e. The number of hydrogen-bond acceptors (Lipinski definition) is 3. The lowest BCUT2D eigenvalue weighted by atomic mass is 10.1. The Labute approximate surface area is 147 Å². The number of hydrogen-bond donors (Lipinski definition) is 1. The number of carbonyl (C=O) groups excluding carboxylic acids is 3. The number of aryl methyl sites for hydroxylation is 1.